The van der Waals surface area contributed by atoms with E-state index < -0.39 is 0 Å². The Morgan fingerprint density at radius 3 is 2.75 bits per heavy atom. The van der Waals surface area contributed by atoms with Crippen molar-refractivity contribution >= 4 is 11.6 Å². The van der Waals surface area contributed by atoms with Gasteiger partial charge in [0.25, 0.3) is 0 Å². The van der Waals surface area contributed by atoms with Crippen LogP contribution in [0.3, 0.4) is 0 Å². The van der Waals surface area contributed by atoms with Gasteiger partial charge in [-0.15, -0.1) is 0 Å². The number of ketones is 1. The lowest BCUT2D eigenvalue weighted by Crippen LogP contribution is -2.24. The van der Waals surface area contributed by atoms with Crippen LogP contribution in [0.15, 0.2) is 17.8 Å². The van der Waals surface area contributed by atoms with Gasteiger partial charge in [0.1, 0.15) is 0 Å². The molecule has 86 valence electrons. The summed E-state index contributed by atoms with van der Waals surface area (Å²) < 4.78 is 0. The Hall–Kier alpha value is -1.58. The molecule has 0 saturated carbocycles. The van der Waals surface area contributed by atoms with Gasteiger partial charge in [0.15, 0.2) is 11.6 Å². The number of anilines is 1. The molecule has 0 spiro atoms. The molecule has 4 nitrogen and oxygen atoms in total. The lowest BCUT2D eigenvalue weighted by Gasteiger charge is -2.28. The fourth-order valence-corrected chi connectivity index (χ4v) is 2.07. The Bertz CT molecular complexity index is 443. The third-order valence-corrected chi connectivity index (χ3v) is 2.65. The number of carbonyl (C=O) groups excluding carboxylic acids is 1. The average molecular weight is 219 g/mol. The van der Waals surface area contributed by atoms with Gasteiger partial charge in [-0.1, -0.05) is 13.8 Å². The molecule has 0 aliphatic heterocycles. The molecule has 0 fully saturated rings. The molecule has 1 aliphatic rings. The molecule has 1 aromatic rings. The van der Waals surface area contributed by atoms with Crippen LogP contribution >= 0.6 is 0 Å². The van der Waals surface area contributed by atoms with Crippen LogP contribution in [0.4, 0.5) is 5.82 Å². The first kappa shape index (κ1) is 10.9. The van der Waals surface area contributed by atoms with Crippen LogP contribution in [0.25, 0.3) is 0 Å². The molecule has 0 aromatic carbocycles. The summed E-state index contributed by atoms with van der Waals surface area (Å²) in [7, 11) is 0. The fourth-order valence-electron chi connectivity index (χ4n) is 2.07. The first-order chi connectivity index (χ1) is 7.44. The number of aromatic amines is 1. The Balaban J connectivity index is 2.13. The molecule has 1 heterocycles. The van der Waals surface area contributed by atoms with Crippen molar-refractivity contribution in [3.05, 3.63) is 23.5 Å². The van der Waals surface area contributed by atoms with Crippen molar-refractivity contribution in [1.82, 2.24) is 10.2 Å². The minimum Gasteiger partial charge on any atom is -0.342 e. The number of aromatic nitrogens is 2. The summed E-state index contributed by atoms with van der Waals surface area (Å²) in [6, 6.07) is 1.92. The molecule has 4 heteroatoms. The van der Waals surface area contributed by atoms with Gasteiger partial charge in [-0.05, 0) is 18.8 Å². The van der Waals surface area contributed by atoms with Gasteiger partial charge >= 0.3 is 0 Å². The molecule has 2 rings (SSSR count). The van der Waals surface area contributed by atoms with Gasteiger partial charge in [-0.2, -0.15) is 5.10 Å². The smallest absolute Gasteiger partial charge is 0.157 e. The number of hydrogen-bond acceptors (Lipinski definition) is 3. The fraction of sp³-hybridized carbons (Fsp3) is 0.500. The molecule has 0 atom stereocenters. The van der Waals surface area contributed by atoms with Crippen LogP contribution in [0.5, 0.6) is 0 Å². The Kier molecular flexibility index (Phi) is 2.58. The maximum absolute atomic E-state index is 11.5. The zero-order chi connectivity index (χ0) is 11.8. The Morgan fingerprint density at radius 2 is 2.19 bits per heavy atom. The molecule has 0 amide bonds. The molecule has 2 N–H and O–H groups in total. The summed E-state index contributed by atoms with van der Waals surface area (Å²) >= 11 is 0. The highest BCUT2D eigenvalue weighted by Gasteiger charge is 2.27. The number of allylic oxidation sites excluding steroid dienone is 2. The maximum Gasteiger partial charge on any atom is 0.157 e. The van der Waals surface area contributed by atoms with Crippen molar-refractivity contribution in [3.63, 3.8) is 0 Å². The van der Waals surface area contributed by atoms with Crippen LogP contribution in [0.1, 0.15) is 32.4 Å². The zero-order valence-corrected chi connectivity index (χ0v) is 9.92. The Morgan fingerprint density at radius 1 is 1.44 bits per heavy atom. The molecule has 0 unspecified atom stereocenters. The van der Waals surface area contributed by atoms with Gasteiger partial charge in [0, 0.05) is 30.0 Å². The predicted octanol–water partition coefficient (Wildman–Crippen LogP) is 2.40. The first-order valence-corrected chi connectivity index (χ1v) is 5.47. The van der Waals surface area contributed by atoms with E-state index in [0.29, 0.717) is 6.42 Å². The number of rotatable bonds is 2. The molecule has 1 aliphatic carbocycles. The highest BCUT2D eigenvalue weighted by Crippen LogP contribution is 2.33. The SMILES string of the molecule is Cc1cc(NC2=CC(=O)CC(C)(C)C2)n[nH]1. The van der Waals surface area contributed by atoms with Crippen molar-refractivity contribution < 1.29 is 4.79 Å². The van der Waals surface area contributed by atoms with E-state index in [1.54, 1.807) is 6.08 Å². The molecule has 0 saturated heterocycles. The maximum atomic E-state index is 11.5. The number of H-pyrrole nitrogens is 1. The summed E-state index contributed by atoms with van der Waals surface area (Å²) in [4.78, 5) is 11.5. The van der Waals surface area contributed by atoms with E-state index in [1.807, 2.05) is 13.0 Å². The molecular weight excluding hydrogens is 202 g/mol. The van der Waals surface area contributed by atoms with Crippen molar-refractivity contribution in [2.75, 3.05) is 5.32 Å². The van der Waals surface area contributed by atoms with E-state index in [0.717, 1.165) is 23.6 Å². The number of hydrogen-bond donors (Lipinski definition) is 2. The summed E-state index contributed by atoms with van der Waals surface area (Å²) in [6.07, 6.45) is 3.19. The summed E-state index contributed by atoms with van der Waals surface area (Å²) in [6.45, 7) is 6.16. The standard InChI is InChI=1S/C12H17N3O/c1-8-4-11(15-14-8)13-9-5-10(16)7-12(2,3)6-9/h4-5H,6-7H2,1-3H3,(H2,13,14,15). The van der Waals surface area contributed by atoms with Gasteiger partial charge in [-0.3, -0.25) is 9.89 Å². The van der Waals surface area contributed by atoms with Crippen LogP contribution in [-0.4, -0.2) is 16.0 Å². The normalized spacial score (nSPS) is 19.4. The van der Waals surface area contributed by atoms with E-state index in [2.05, 4.69) is 29.4 Å². The quantitative estimate of drug-likeness (QED) is 0.803. The van der Waals surface area contributed by atoms with Crippen molar-refractivity contribution in [1.29, 1.82) is 0 Å². The van der Waals surface area contributed by atoms with Crippen LogP contribution in [-0.2, 0) is 4.79 Å². The minimum atomic E-state index is 0.0412. The van der Waals surface area contributed by atoms with E-state index >= 15 is 0 Å². The van der Waals surface area contributed by atoms with Gasteiger partial charge in [0.05, 0.1) is 0 Å². The van der Waals surface area contributed by atoms with Gasteiger partial charge in [-0.25, -0.2) is 0 Å². The second kappa shape index (κ2) is 3.77. The molecule has 0 radical (unpaired) electrons. The first-order valence-electron chi connectivity index (χ1n) is 5.47. The van der Waals surface area contributed by atoms with Crippen LogP contribution in [0, 0.1) is 12.3 Å². The summed E-state index contributed by atoms with van der Waals surface area (Å²) in [5.41, 5.74) is 2.00. The van der Waals surface area contributed by atoms with Gasteiger partial charge < -0.3 is 5.32 Å². The molecule has 0 bridgehead atoms. The monoisotopic (exact) mass is 219 g/mol. The van der Waals surface area contributed by atoms with Crippen LogP contribution < -0.4 is 5.32 Å². The van der Waals surface area contributed by atoms with E-state index in [4.69, 9.17) is 0 Å². The third-order valence-electron chi connectivity index (χ3n) is 2.65. The van der Waals surface area contributed by atoms with E-state index in [-0.39, 0.29) is 11.2 Å². The molecule has 1 aromatic heterocycles. The van der Waals surface area contributed by atoms with Crippen LogP contribution in [0.2, 0.25) is 0 Å². The summed E-state index contributed by atoms with van der Waals surface area (Å²) in [5, 5.41) is 10.1. The largest absolute Gasteiger partial charge is 0.342 e. The topological polar surface area (TPSA) is 57.8 Å². The highest BCUT2D eigenvalue weighted by atomic mass is 16.1. The van der Waals surface area contributed by atoms with Crippen molar-refractivity contribution in [3.8, 4) is 0 Å². The van der Waals surface area contributed by atoms with Gasteiger partial charge in [0.2, 0.25) is 0 Å². The third kappa shape index (κ3) is 2.51. The highest BCUT2D eigenvalue weighted by molar-refractivity contribution is 5.92. The molecule has 16 heavy (non-hydrogen) atoms. The number of aryl methyl sites for hydroxylation is 1. The van der Waals surface area contributed by atoms with Crippen molar-refractivity contribution in [2.24, 2.45) is 5.41 Å². The number of nitrogens with zero attached hydrogens (tertiary/aromatic N) is 1. The number of nitrogens with one attached hydrogen (secondary N) is 2. The second-order valence-corrected chi connectivity index (χ2v) is 5.21. The molecular formula is C12H17N3O. The second-order valence-electron chi connectivity index (χ2n) is 5.21. The zero-order valence-electron chi connectivity index (χ0n) is 9.92. The van der Waals surface area contributed by atoms with E-state index in [1.165, 1.54) is 0 Å². The lowest BCUT2D eigenvalue weighted by molar-refractivity contribution is -0.117. The number of carbonyl (C=O) groups is 1. The van der Waals surface area contributed by atoms with Crippen molar-refractivity contribution in [2.45, 2.75) is 33.6 Å². The average Bonchev–Trinajstić information content (AvgIpc) is 2.46. The summed E-state index contributed by atoms with van der Waals surface area (Å²) in [5.74, 6) is 0.959. The van der Waals surface area contributed by atoms with E-state index in [9.17, 15) is 4.79 Å². The predicted molar refractivity (Wildman–Crippen MR) is 63.1 cm³/mol. The lowest BCUT2D eigenvalue weighted by atomic mass is 9.79. The Labute approximate surface area is 95.1 Å². The minimum absolute atomic E-state index is 0.0412.